The summed E-state index contributed by atoms with van der Waals surface area (Å²) in [4.78, 5) is 23.3. The minimum absolute atomic E-state index is 0.0450. The van der Waals surface area contributed by atoms with E-state index in [9.17, 15) is 9.59 Å². The highest BCUT2D eigenvalue weighted by Crippen LogP contribution is 2.16. The highest BCUT2D eigenvalue weighted by atomic mass is 32.1. The van der Waals surface area contributed by atoms with E-state index >= 15 is 0 Å². The third kappa shape index (κ3) is 3.27. The van der Waals surface area contributed by atoms with Crippen LogP contribution in [0, 0.1) is 6.92 Å². The number of rotatable bonds is 5. The van der Waals surface area contributed by atoms with Crippen molar-refractivity contribution in [3.05, 3.63) is 50.6 Å². The van der Waals surface area contributed by atoms with Crippen LogP contribution in [0.15, 0.2) is 34.4 Å². The van der Waals surface area contributed by atoms with Crippen molar-refractivity contribution >= 4 is 17.2 Å². The Morgan fingerprint density at radius 1 is 1.40 bits per heavy atom. The molecule has 2 rings (SSSR count). The van der Waals surface area contributed by atoms with Gasteiger partial charge in [-0.2, -0.15) is 0 Å². The molecule has 0 radical (unpaired) electrons. The molecule has 0 saturated heterocycles. The van der Waals surface area contributed by atoms with Gasteiger partial charge in [0.2, 0.25) is 5.91 Å². The number of methoxy groups -OCH3 is 1. The van der Waals surface area contributed by atoms with Crippen LogP contribution < -0.4 is 14.9 Å². The molecule has 0 aliphatic heterocycles. The summed E-state index contributed by atoms with van der Waals surface area (Å²) in [5, 5.41) is 4.54. The molecule has 1 aromatic heterocycles. The lowest BCUT2D eigenvalue weighted by molar-refractivity contribution is -0.121. The molecule has 0 atom stereocenters. The van der Waals surface area contributed by atoms with Crippen LogP contribution in [0.1, 0.15) is 11.3 Å². The predicted octanol–water partition coefficient (Wildman–Crippen LogP) is 1.54. The van der Waals surface area contributed by atoms with Gasteiger partial charge in [-0.05, 0) is 13.0 Å². The molecule has 0 spiro atoms. The molecular weight excluding hydrogens is 276 g/mol. The Bertz CT molecular complexity index is 660. The number of nitrogens with one attached hydrogen (secondary N) is 1. The molecule has 1 N–H and O–H groups in total. The number of nitrogens with zero attached hydrogens (tertiary/aromatic N) is 1. The lowest BCUT2D eigenvalue weighted by Crippen LogP contribution is -2.30. The van der Waals surface area contributed by atoms with Gasteiger partial charge in [-0.15, -0.1) is 0 Å². The molecule has 2 aromatic rings. The smallest absolute Gasteiger partial charge is 0.307 e. The lowest BCUT2D eigenvalue weighted by Gasteiger charge is -2.10. The molecule has 20 heavy (non-hydrogen) atoms. The van der Waals surface area contributed by atoms with E-state index in [0.717, 1.165) is 28.3 Å². The first-order valence-electron chi connectivity index (χ1n) is 6.15. The van der Waals surface area contributed by atoms with Crippen LogP contribution in [0.4, 0.5) is 0 Å². The number of hydrogen-bond donors (Lipinski definition) is 1. The Morgan fingerprint density at radius 2 is 2.15 bits per heavy atom. The van der Waals surface area contributed by atoms with Crippen LogP contribution in [0.25, 0.3) is 0 Å². The van der Waals surface area contributed by atoms with Crippen molar-refractivity contribution < 1.29 is 9.53 Å². The van der Waals surface area contributed by atoms with Gasteiger partial charge in [0, 0.05) is 23.2 Å². The first kappa shape index (κ1) is 14.3. The van der Waals surface area contributed by atoms with Crippen LogP contribution in [0.3, 0.4) is 0 Å². The van der Waals surface area contributed by atoms with Gasteiger partial charge in [-0.3, -0.25) is 14.2 Å². The summed E-state index contributed by atoms with van der Waals surface area (Å²) in [5.74, 6) is 0.538. The summed E-state index contributed by atoms with van der Waals surface area (Å²) >= 11 is 1.10. The van der Waals surface area contributed by atoms with Gasteiger partial charge < -0.3 is 10.1 Å². The summed E-state index contributed by atoms with van der Waals surface area (Å²) in [6.45, 7) is 2.23. The van der Waals surface area contributed by atoms with Gasteiger partial charge in [0.25, 0.3) is 0 Å². The number of amides is 1. The maximum atomic E-state index is 11.9. The Labute approximate surface area is 120 Å². The summed E-state index contributed by atoms with van der Waals surface area (Å²) in [6, 6.07) is 7.49. The van der Waals surface area contributed by atoms with Gasteiger partial charge in [0.1, 0.15) is 12.3 Å². The standard InChI is InChI=1S/C14H16N2O3S/c1-10-9-20-14(18)16(10)8-13(17)15-7-11-5-3-4-6-12(11)19-2/h3-6,9H,7-8H2,1-2H3,(H,15,17). The molecule has 0 bridgehead atoms. The van der Waals surface area contributed by atoms with Crippen LogP contribution in [0.5, 0.6) is 5.75 Å². The van der Waals surface area contributed by atoms with Crippen molar-refractivity contribution in [2.75, 3.05) is 7.11 Å². The SMILES string of the molecule is COc1ccccc1CNC(=O)Cn1c(C)csc1=O. The fourth-order valence-corrected chi connectivity index (χ4v) is 2.57. The number of ether oxygens (including phenoxy) is 1. The molecule has 106 valence electrons. The van der Waals surface area contributed by atoms with Crippen LogP contribution in [-0.4, -0.2) is 17.6 Å². The van der Waals surface area contributed by atoms with Crippen molar-refractivity contribution in [3.63, 3.8) is 0 Å². The van der Waals surface area contributed by atoms with Crippen LogP contribution >= 0.6 is 11.3 Å². The second-order valence-electron chi connectivity index (χ2n) is 4.32. The Kier molecular flexibility index (Phi) is 4.57. The van der Waals surface area contributed by atoms with E-state index < -0.39 is 0 Å². The molecule has 0 fully saturated rings. The molecule has 1 aromatic carbocycles. The first-order chi connectivity index (χ1) is 9.61. The Morgan fingerprint density at radius 3 is 2.80 bits per heavy atom. The Hall–Kier alpha value is -2.08. The zero-order valence-electron chi connectivity index (χ0n) is 11.4. The fourth-order valence-electron chi connectivity index (χ4n) is 1.84. The predicted molar refractivity (Wildman–Crippen MR) is 78.2 cm³/mol. The van der Waals surface area contributed by atoms with E-state index in [1.54, 1.807) is 12.5 Å². The fraction of sp³-hybridized carbons (Fsp3) is 0.286. The highest BCUT2D eigenvalue weighted by Gasteiger charge is 2.09. The molecular formula is C14H16N2O3S. The second-order valence-corrected chi connectivity index (χ2v) is 5.14. The molecule has 1 amide bonds. The second kappa shape index (κ2) is 6.38. The molecule has 1 heterocycles. The third-order valence-electron chi connectivity index (χ3n) is 2.95. The van der Waals surface area contributed by atoms with E-state index in [-0.39, 0.29) is 17.3 Å². The van der Waals surface area contributed by atoms with Gasteiger partial charge in [0.15, 0.2) is 0 Å². The average Bonchev–Trinajstić information content (AvgIpc) is 2.77. The number of para-hydroxylation sites is 1. The van der Waals surface area contributed by atoms with Gasteiger partial charge >= 0.3 is 4.87 Å². The number of benzene rings is 1. The van der Waals surface area contributed by atoms with E-state index in [0.29, 0.717) is 6.54 Å². The summed E-state index contributed by atoms with van der Waals surface area (Å²) in [7, 11) is 1.59. The lowest BCUT2D eigenvalue weighted by atomic mass is 10.2. The van der Waals surface area contributed by atoms with Crippen molar-refractivity contribution in [3.8, 4) is 5.75 Å². The van der Waals surface area contributed by atoms with Crippen molar-refractivity contribution in [2.24, 2.45) is 0 Å². The number of hydrogen-bond acceptors (Lipinski definition) is 4. The first-order valence-corrected chi connectivity index (χ1v) is 7.03. The van der Waals surface area contributed by atoms with Gasteiger partial charge in [-0.25, -0.2) is 0 Å². The minimum atomic E-state index is -0.195. The van der Waals surface area contributed by atoms with Crippen molar-refractivity contribution in [1.29, 1.82) is 0 Å². The molecule has 5 nitrogen and oxygen atoms in total. The van der Waals surface area contributed by atoms with E-state index in [2.05, 4.69) is 5.32 Å². The third-order valence-corrected chi connectivity index (χ3v) is 3.83. The average molecular weight is 292 g/mol. The maximum absolute atomic E-state index is 11.9. The number of thiazole rings is 1. The quantitative estimate of drug-likeness (QED) is 0.909. The Balaban J connectivity index is 1.98. The summed E-state index contributed by atoms with van der Waals surface area (Å²) in [5.41, 5.74) is 1.70. The topological polar surface area (TPSA) is 60.3 Å². The molecule has 0 aliphatic carbocycles. The number of aromatic nitrogens is 1. The largest absolute Gasteiger partial charge is 0.496 e. The number of carbonyl (C=O) groups excluding carboxylic acids is 1. The monoisotopic (exact) mass is 292 g/mol. The maximum Gasteiger partial charge on any atom is 0.307 e. The molecule has 0 aliphatic rings. The number of carbonyl (C=O) groups is 1. The van der Waals surface area contributed by atoms with Crippen molar-refractivity contribution in [2.45, 2.75) is 20.0 Å². The zero-order valence-corrected chi connectivity index (χ0v) is 12.2. The normalized spacial score (nSPS) is 10.3. The van der Waals surface area contributed by atoms with Crippen LogP contribution in [0.2, 0.25) is 0 Å². The van der Waals surface area contributed by atoms with E-state index in [1.807, 2.05) is 31.2 Å². The highest BCUT2D eigenvalue weighted by molar-refractivity contribution is 7.07. The number of aryl methyl sites for hydroxylation is 1. The van der Waals surface area contributed by atoms with Gasteiger partial charge in [-0.1, -0.05) is 29.5 Å². The molecule has 6 heteroatoms. The van der Waals surface area contributed by atoms with Gasteiger partial charge in [0.05, 0.1) is 7.11 Å². The van der Waals surface area contributed by atoms with Crippen molar-refractivity contribution in [1.82, 2.24) is 9.88 Å². The van der Waals surface area contributed by atoms with E-state index in [1.165, 1.54) is 4.57 Å². The molecule has 0 unspecified atom stereocenters. The van der Waals surface area contributed by atoms with Crippen LogP contribution in [-0.2, 0) is 17.9 Å². The van der Waals surface area contributed by atoms with E-state index in [4.69, 9.17) is 4.74 Å². The molecule has 0 saturated carbocycles. The summed E-state index contributed by atoms with van der Waals surface area (Å²) in [6.07, 6.45) is 0. The summed E-state index contributed by atoms with van der Waals surface area (Å²) < 4.78 is 6.68. The zero-order chi connectivity index (χ0) is 14.5. The minimum Gasteiger partial charge on any atom is -0.496 e.